The Morgan fingerprint density at radius 3 is 2.39 bits per heavy atom. The van der Waals surface area contributed by atoms with Gasteiger partial charge in [-0.15, -0.1) is 0 Å². The summed E-state index contributed by atoms with van der Waals surface area (Å²) in [5.41, 5.74) is -1.33. The summed E-state index contributed by atoms with van der Waals surface area (Å²) >= 11 is 9.46. The lowest BCUT2D eigenvalue weighted by molar-refractivity contribution is -0.144. The zero-order valence-electron chi connectivity index (χ0n) is 13.6. The predicted molar refractivity (Wildman–Crippen MR) is 92.9 cm³/mol. The molecule has 1 unspecified atom stereocenters. The summed E-state index contributed by atoms with van der Waals surface area (Å²) in [5, 5.41) is 12.4. The molecule has 0 aliphatic carbocycles. The SMILES string of the molecule is CC(C)(C)OC(=O)NC(C)(CCc1ccc(Br)cc1Cl)C(=O)O. The highest BCUT2D eigenvalue weighted by Gasteiger charge is 2.36. The average molecular weight is 407 g/mol. The van der Waals surface area contributed by atoms with E-state index < -0.39 is 23.2 Å². The van der Waals surface area contributed by atoms with Crippen LogP contribution in [0, 0.1) is 0 Å². The van der Waals surface area contributed by atoms with E-state index in [4.69, 9.17) is 16.3 Å². The van der Waals surface area contributed by atoms with E-state index in [2.05, 4.69) is 21.2 Å². The van der Waals surface area contributed by atoms with Crippen LogP contribution in [0.4, 0.5) is 4.79 Å². The van der Waals surface area contributed by atoms with E-state index in [1.165, 1.54) is 6.92 Å². The van der Waals surface area contributed by atoms with Gasteiger partial charge in [0.1, 0.15) is 11.1 Å². The molecule has 0 spiro atoms. The van der Waals surface area contributed by atoms with Gasteiger partial charge in [0.25, 0.3) is 0 Å². The number of hydrogen-bond donors (Lipinski definition) is 2. The van der Waals surface area contributed by atoms with E-state index in [1.807, 2.05) is 12.1 Å². The number of alkyl carbamates (subject to hydrolysis) is 1. The number of aryl methyl sites for hydroxylation is 1. The van der Waals surface area contributed by atoms with Crippen LogP contribution in [0.2, 0.25) is 5.02 Å². The molecule has 0 saturated heterocycles. The zero-order valence-corrected chi connectivity index (χ0v) is 15.9. The lowest BCUT2D eigenvalue weighted by atomic mass is 9.93. The lowest BCUT2D eigenvalue weighted by Gasteiger charge is -2.28. The molecule has 0 aliphatic heterocycles. The van der Waals surface area contributed by atoms with Crippen LogP contribution >= 0.6 is 27.5 Å². The average Bonchev–Trinajstić information content (AvgIpc) is 2.34. The summed E-state index contributed by atoms with van der Waals surface area (Å²) in [6.07, 6.45) is -0.169. The number of halogens is 2. The summed E-state index contributed by atoms with van der Waals surface area (Å²) in [6.45, 7) is 6.59. The molecule has 0 heterocycles. The molecular formula is C16H21BrClNO4. The third-order valence-corrected chi connectivity index (χ3v) is 4.00. The van der Waals surface area contributed by atoms with Crippen LogP contribution in [-0.4, -0.2) is 28.3 Å². The van der Waals surface area contributed by atoms with E-state index in [0.29, 0.717) is 11.4 Å². The largest absolute Gasteiger partial charge is 0.480 e. The maximum absolute atomic E-state index is 11.9. The zero-order chi connectivity index (χ0) is 17.8. The number of amides is 1. The molecule has 0 aromatic heterocycles. The molecule has 2 N–H and O–H groups in total. The number of carboxylic acid groups (broad SMARTS) is 1. The maximum Gasteiger partial charge on any atom is 0.408 e. The van der Waals surface area contributed by atoms with Crippen LogP contribution in [0.1, 0.15) is 39.7 Å². The Hall–Kier alpha value is -1.27. The van der Waals surface area contributed by atoms with E-state index in [-0.39, 0.29) is 6.42 Å². The number of ether oxygens (including phenoxy) is 1. The fourth-order valence-corrected chi connectivity index (χ4v) is 2.63. The summed E-state index contributed by atoms with van der Waals surface area (Å²) in [4.78, 5) is 23.4. The van der Waals surface area contributed by atoms with Crippen molar-refractivity contribution in [3.63, 3.8) is 0 Å². The van der Waals surface area contributed by atoms with Crippen molar-refractivity contribution in [3.05, 3.63) is 33.3 Å². The van der Waals surface area contributed by atoms with Crippen molar-refractivity contribution >= 4 is 39.6 Å². The quantitative estimate of drug-likeness (QED) is 0.760. The monoisotopic (exact) mass is 405 g/mol. The number of benzene rings is 1. The van der Waals surface area contributed by atoms with Gasteiger partial charge >= 0.3 is 12.1 Å². The standard InChI is InChI=1S/C16H21BrClNO4/c1-15(2,3)23-14(22)19-16(4,13(20)21)8-7-10-5-6-11(17)9-12(10)18/h5-6,9H,7-8H2,1-4H3,(H,19,22)(H,20,21). The fraction of sp³-hybridized carbons (Fsp3) is 0.500. The second-order valence-corrected chi connectivity index (χ2v) is 7.82. The van der Waals surface area contributed by atoms with Gasteiger partial charge in [0, 0.05) is 9.50 Å². The van der Waals surface area contributed by atoms with Gasteiger partial charge in [-0.25, -0.2) is 9.59 Å². The van der Waals surface area contributed by atoms with Gasteiger partial charge in [-0.1, -0.05) is 33.6 Å². The first-order valence-corrected chi connectivity index (χ1v) is 8.28. The van der Waals surface area contributed by atoms with Crippen molar-refractivity contribution in [2.24, 2.45) is 0 Å². The molecule has 23 heavy (non-hydrogen) atoms. The maximum atomic E-state index is 11.9. The molecule has 0 radical (unpaired) electrons. The van der Waals surface area contributed by atoms with Crippen molar-refractivity contribution in [2.75, 3.05) is 0 Å². The Balaban J connectivity index is 2.81. The van der Waals surface area contributed by atoms with Crippen molar-refractivity contribution < 1.29 is 19.4 Å². The Bertz CT molecular complexity index is 600. The van der Waals surface area contributed by atoms with Gasteiger partial charge in [-0.2, -0.15) is 0 Å². The van der Waals surface area contributed by atoms with Crippen LogP contribution in [0.3, 0.4) is 0 Å². The number of aliphatic carboxylic acids is 1. The number of carbonyl (C=O) groups is 2. The molecular weight excluding hydrogens is 386 g/mol. The van der Waals surface area contributed by atoms with Crippen LogP contribution in [0.25, 0.3) is 0 Å². The summed E-state index contributed by atoms with van der Waals surface area (Å²) in [7, 11) is 0. The van der Waals surface area contributed by atoms with Gasteiger partial charge in [0.05, 0.1) is 0 Å². The van der Waals surface area contributed by atoms with Crippen LogP contribution in [-0.2, 0) is 16.0 Å². The summed E-state index contributed by atoms with van der Waals surface area (Å²) in [6, 6.07) is 5.40. The van der Waals surface area contributed by atoms with Gasteiger partial charge in [-0.05, 0) is 58.2 Å². The highest BCUT2D eigenvalue weighted by Crippen LogP contribution is 2.25. The van der Waals surface area contributed by atoms with Crippen LogP contribution < -0.4 is 5.32 Å². The molecule has 5 nitrogen and oxygen atoms in total. The van der Waals surface area contributed by atoms with Crippen molar-refractivity contribution in [3.8, 4) is 0 Å². The third kappa shape index (κ3) is 6.39. The Morgan fingerprint density at radius 2 is 1.91 bits per heavy atom. The summed E-state index contributed by atoms with van der Waals surface area (Å²) in [5.74, 6) is -1.13. The van der Waals surface area contributed by atoms with Crippen LogP contribution in [0.15, 0.2) is 22.7 Å². The Labute approximate surface area is 149 Å². The van der Waals surface area contributed by atoms with Gasteiger partial charge < -0.3 is 15.2 Å². The van der Waals surface area contributed by atoms with Crippen LogP contribution in [0.5, 0.6) is 0 Å². The molecule has 0 bridgehead atoms. The molecule has 0 fully saturated rings. The van der Waals surface area contributed by atoms with E-state index >= 15 is 0 Å². The predicted octanol–water partition coefficient (Wildman–Crippen LogP) is 4.40. The number of carbonyl (C=O) groups excluding carboxylic acids is 1. The molecule has 1 amide bonds. The number of rotatable bonds is 5. The highest BCUT2D eigenvalue weighted by atomic mass is 79.9. The number of nitrogens with one attached hydrogen (secondary N) is 1. The van der Waals surface area contributed by atoms with Gasteiger partial charge in [-0.3, -0.25) is 0 Å². The molecule has 0 saturated carbocycles. The molecule has 1 aromatic rings. The van der Waals surface area contributed by atoms with E-state index in [0.717, 1.165) is 10.0 Å². The first kappa shape index (κ1) is 19.8. The second-order valence-electron chi connectivity index (χ2n) is 6.50. The minimum absolute atomic E-state index is 0.183. The minimum atomic E-state index is -1.45. The smallest absolute Gasteiger partial charge is 0.408 e. The molecule has 1 atom stereocenters. The van der Waals surface area contributed by atoms with Crippen molar-refractivity contribution in [1.29, 1.82) is 0 Å². The first-order valence-electron chi connectivity index (χ1n) is 7.11. The minimum Gasteiger partial charge on any atom is -0.480 e. The molecule has 0 aliphatic rings. The van der Waals surface area contributed by atoms with Crippen molar-refractivity contribution in [1.82, 2.24) is 5.32 Å². The Morgan fingerprint density at radius 1 is 1.30 bits per heavy atom. The Kier molecular flexibility index (Phi) is 6.48. The first-order chi connectivity index (χ1) is 10.4. The molecule has 1 rings (SSSR count). The third-order valence-electron chi connectivity index (χ3n) is 3.16. The van der Waals surface area contributed by atoms with E-state index in [1.54, 1.807) is 26.8 Å². The fourth-order valence-electron chi connectivity index (χ4n) is 1.86. The van der Waals surface area contributed by atoms with Gasteiger partial charge in [0.2, 0.25) is 0 Å². The topological polar surface area (TPSA) is 75.6 Å². The molecule has 1 aromatic carbocycles. The van der Waals surface area contributed by atoms with E-state index in [9.17, 15) is 14.7 Å². The lowest BCUT2D eigenvalue weighted by Crippen LogP contribution is -2.53. The normalized spacial score (nSPS) is 14.0. The molecule has 128 valence electrons. The number of hydrogen-bond acceptors (Lipinski definition) is 3. The number of carboxylic acids is 1. The highest BCUT2D eigenvalue weighted by molar-refractivity contribution is 9.10. The second kappa shape index (κ2) is 7.53. The summed E-state index contributed by atoms with van der Waals surface area (Å²) < 4.78 is 5.98. The van der Waals surface area contributed by atoms with Crippen molar-refractivity contribution in [2.45, 2.75) is 51.7 Å². The van der Waals surface area contributed by atoms with Gasteiger partial charge in [0.15, 0.2) is 0 Å². The molecule has 7 heteroatoms.